The summed E-state index contributed by atoms with van der Waals surface area (Å²) < 4.78 is 4.47. The summed E-state index contributed by atoms with van der Waals surface area (Å²) in [6, 6.07) is 0.451. The summed E-state index contributed by atoms with van der Waals surface area (Å²) in [5.41, 5.74) is 0. The first kappa shape index (κ1) is 9.65. The van der Waals surface area contributed by atoms with Gasteiger partial charge in [-0.15, -0.1) is 0 Å². The lowest BCUT2D eigenvalue weighted by Gasteiger charge is -2.24. The summed E-state index contributed by atoms with van der Waals surface area (Å²) in [7, 11) is 0. The fraction of sp³-hybridized carbons (Fsp3) is 0.800. The average molecular weight is 197 g/mol. The van der Waals surface area contributed by atoms with Gasteiger partial charge in [0.15, 0.2) is 0 Å². The van der Waals surface area contributed by atoms with Crippen molar-refractivity contribution in [3.05, 3.63) is 0 Å². The molecule has 1 saturated carbocycles. The summed E-state index contributed by atoms with van der Waals surface area (Å²) in [4.78, 5) is 23.9. The van der Waals surface area contributed by atoms with Crippen molar-refractivity contribution in [1.29, 1.82) is 0 Å². The van der Waals surface area contributed by atoms with Crippen LogP contribution < -0.4 is 0 Å². The third kappa shape index (κ3) is 1.95. The van der Waals surface area contributed by atoms with E-state index in [-0.39, 0.29) is 13.1 Å². The van der Waals surface area contributed by atoms with Crippen molar-refractivity contribution in [3.63, 3.8) is 0 Å². The average Bonchev–Trinajstić information content (AvgIpc) is 2.82. The second-order valence-corrected chi connectivity index (χ2v) is 4.10. The van der Waals surface area contributed by atoms with Gasteiger partial charge in [0.2, 0.25) is 0 Å². The number of carbonyl (C=O) groups excluding carboxylic acids is 2. The highest BCUT2D eigenvalue weighted by molar-refractivity contribution is 5.90. The van der Waals surface area contributed by atoms with E-state index in [4.69, 9.17) is 0 Å². The molecule has 0 aromatic carbocycles. The molecule has 1 saturated heterocycles. The standard InChI is InChI=1S/C10H15NO3/c1-2-3-7-4-8(7)11-5-9(12)14-10(13)6-11/h7-8H,2-6H2,1H3. The maximum absolute atomic E-state index is 11.0. The fourth-order valence-corrected chi connectivity index (χ4v) is 2.17. The number of nitrogens with zero attached hydrogens (tertiary/aromatic N) is 1. The Morgan fingerprint density at radius 1 is 1.36 bits per heavy atom. The summed E-state index contributed by atoms with van der Waals surface area (Å²) in [6.07, 6.45) is 3.51. The smallest absolute Gasteiger partial charge is 0.327 e. The van der Waals surface area contributed by atoms with Crippen molar-refractivity contribution in [1.82, 2.24) is 4.90 Å². The molecule has 2 rings (SSSR count). The van der Waals surface area contributed by atoms with Crippen LogP contribution in [0, 0.1) is 5.92 Å². The lowest BCUT2D eigenvalue weighted by molar-refractivity contribution is -0.167. The Kier molecular flexibility index (Phi) is 2.54. The van der Waals surface area contributed by atoms with Crippen LogP contribution >= 0.6 is 0 Å². The summed E-state index contributed by atoms with van der Waals surface area (Å²) in [6.45, 7) is 2.73. The van der Waals surface area contributed by atoms with Crippen LogP contribution in [0.5, 0.6) is 0 Å². The monoisotopic (exact) mass is 197 g/mol. The maximum Gasteiger partial charge on any atom is 0.327 e. The molecule has 0 amide bonds. The zero-order valence-electron chi connectivity index (χ0n) is 8.36. The Morgan fingerprint density at radius 3 is 2.57 bits per heavy atom. The van der Waals surface area contributed by atoms with E-state index in [2.05, 4.69) is 11.7 Å². The molecule has 14 heavy (non-hydrogen) atoms. The van der Waals surface area contributed by atoms with E-state index in [9.17, 15) is 9.59 Å². The van der Waals surface area contributed by atoms with E-state index in [1.165, 1.54) is 12.8 Å². The van der Waals surface area contributed by atoms with Crippen molar-refractivity contribution in [3.8, 4) is 0 Å². The Hall–Kier alpha value is -0.900. The molecule has 0 spiro atoms. The molecule has 4 heteroatoms. The van der Waals surface area contributed by atoms with Crippen LogP contribution in [0.2, 0.25) is 0 Å². The van der Waals surface area contributed by atoms with E-state index in [0.717, 1.165) is 6.42 Å². The first-order valence-corrected chi connectivity index (χ1v) is 5.18. The van der Waals surface area contributed by atoms with Crippen molar-refractivity contribution in [2.24, 2.45) is 5.92 Å². The van der Waals surface area contributed by atoms with E-state index >= 15 is 0 Å². The molecule has 0 radical (unpaired) electrons. The zero-order chi connectivity index (χ0) is 10.1. The molecule has 1 aliphatic carbocycles. The SMILES string of the molecule is CCCC1CC1N1CC(=O)OC(=O)C1. The normalized spacial score (nSPS) is 32.9. The van der Waals surface area contributed by atoms with E-state index in [0.29, 0.717) is 12.0 Å². The molecule has 1 heterocycles. The Balaban J connectivity index is 1.87. The molecule has 2 atom stereocenters. The van der Waals surface area contributed by atoms with Crippen LogP contribution in [0.25, 0.3) is 0 Å². The van der Waals surface area contributed by atoms with Gasteiger partial charge in [0, 0.05) is 6.04 Å². The second kappa shape index (κ2) is 3.69. The number of esters is 2. The summed E-state index contributed by atoms with van der Waals surface area (Å²) >= 11 is 0. The Morgan fingerprint density at radius 2 is 2.00 bits per heavy atom. The molecule has 0 aromatic rings. The van der Waals surface area contributed by atoms with Gasteiger partial charge in [-0.2, -0.15) is 0 Å². The van der Waals surface area contributed by atoms with Crippen molar-refractivity contribution < 1.29 is 14.3 Å². The molecule has 0 N–H and O–H groups in total. The lowest BCUT2D eigenvalue weighted by atomic mass is 10.2. The van der Waals surface area contributed by atoms with Gasteiger partial charge in [-0.05, 0) is 18.8 Å². The van der Waals surface area contributed by atoms with Gasteiger partial charge in [0.1, 0.15) is 0 Å². The number of carbonyl (C=O) groups is 2. The number of morpholine rings is 1. The predicted molar refractivity (Wildman–Crippen MR) is 49.5 cm³/mol. The minimum absolute atomic E-state index is 0.288. The van der Waals surface area contributed by atoms with Gasteiger partial charge >= 0.3 is 11.9 Å². The lowest BCUT2D eigenvalue weighted by Crippen LogP contribution is -2.44. The van der Waals surface area contributed by atoms with Crippen LogP contribution in [-0.4, -0.2) is 36.0 Å². The van der Waals surface area contributed by atoms with Gasteiger partial charge in [-0.1, -0.05) is 13.3 Å². The maximum atomic E-state index is 11.0. The topological polar surface area (TPSA) is 46.6 Å². The van der Waals surface area contributed by atoms with Gasteiger partial charge in [0.25, 0.3) is 0 Å². The molecule has 78 valence electrons. The molecule has 2 unspecified atom stereocenters. The van der Waals surface area contributed by atoms with Crippen LogP contribution in [-0.2, 0) is 14.3 Å². The minimum Gasteiger partial charge on any atom is -0.391 e. The van der Waals surface area contributed by atoms with E-state index in [1.54, 1.807) is 0 Å². The summed E-state index contributed by atoms with van der Waals surface area (Å²) in [5, 5.41) is 0. The third-order valence-electron chi connectivity index (χ3n) is 2.91. The molecule has 2 fully saturated rings. The largest absolute Gasteiger partial charge is 0.391 e. The van der Waals surface area contributed by atoms with Crippen LogP contribution in [0.3, 0.4) is 0 Å². The molecular weight excluding hydrogens is 182 g/mol. The second-order valence-electron chi connectivity index (χ2n) is 4.10. The highest BCUT2D eigenvalue weighted by Gasteiger charge is 2.43. The molecular formula is C10H15NO3. The van der Waals surface area contributed by atoms with Crippen molar-refractivity contribution in [2.75, 3.05) is 13.1 Å². The van der Waals surface area contributed by atoms with Gasteiger partial charge < -0.3 is 4.74 Å². The molecule has 1 aliphatic heterocycles. The molecule has 0 bridgehead atoms. The highest BCUT2D eigenvalue weighted by atomic mass is 16.6. The van der Waals surface area contributed by atoms with Crippen molar-refractivity contribution >= 4 is 11.9 Å². The predicted octanol–water partition coefficient (Wildman–Crippen LogP) is 0.560. The first-order chi connectivity index (χ1) is 6.70. The van der Waals surface area contributed by atoms with Crippen LogP contribution in [0.4, 0.5) is 0 Å². The quantitative estimate of drug-likeness (QED) is 0.490. The molecule has 2 aliphatic rings. The number of cyclic esters (lactones) is 2. The van der Waals surface area contributed by atoms with Crippen LogP contribution in [0.15, 0.2) is 0 Å². The zero-order valence-corrected chi connectivity index (χ0v) is 8.36. The number of hydrogen-bond donors (Lipinski definition) is 0. The van der Waals surface area contributed by atoms with Gasteiger partial charge in [0.05, 0.1) is 13.1 Å². The van der Waals surface area contributed by atoms with Crippen LogP contribution in [0.1, 0.15) is 26.2 Å². The molecule has 4 nitrogen and oxygen atoms in total. The third-order valence-corrected chi connectivity index (χ3v) is 2.91. The summed E-state index contributed by atoms with van der Waals surface area (Å²) in [5.74, 6) is -0.106. The van der Waals surface area contributed by atoms with Gasteiger partial charge in [-0.25, -0.2) is 0 Å². The number of hydrogen-bond acceptors (Lipinski definition) is 4. The number of ether oxygens (including phenoxy) is 1. The van der Waals surface area contributed by atoms with E-state index < -0.39 is 11.9 Å². The van der Waals surface area contributed by atoms with Crippen molar-refractivity contribution in [2.45, 2.75) is 32.2 Å². The first-order valence-electron chi connectivity index (χ1n) is 5.18. The van der Waals surface area contributed by atoms with Gasteiger partial charge in [-0.3, -0.25) is 14.5 Å². The fourth-order valence-electron chi connectivity index (χ4n) is 2.17. The molecule has 0 aromatic heterocycles. The Bertz CT molecular complexity index is 248. The number of rotatable bonds is 3. The highest BCUT2D eigenvalue weighted by Crippen LogP contribution is 2.39. The Labute approximate surface area is 83.2 Å². The van der Waals surface area contributed by atoms with E-state index in [1.807, 2.05) is 4.90 Å². The minimum atomic E-state index is -0.400.